The van der Waals surface area contributed by atoms with Crippen LogP contribution in [0.1, 0.15) is 109 Å². The Hall–Kier alpha value is -11.8. The maximum absolute atomic E-state index is 12.6. The van der Waals surface area contributed by atoms with Crippen molar-refractivity contribution in [3.05, 3.63) is 319 Å². The van der Waals surface area contributed by atoms with Crippen molar-refractivity contribution in [2.45, 2.75) is 58.2 Å². The second-order valence-electron chi connectivity index (χ2n) is 26.5. The van der Waals surface area contributed by atoms with Crippen LogP contribution >= 0.6 is 124 Å². The number of amides is 1. The van der Waals surface area contributed by atoms with Crippen LogP contribution in [-0.4, -0.2) is 134 Å². The number of nitrogens with zero attached hydrogens (tertiary/aromatic N) is 3. The average molecular weight is 2090 g/mol. The Morgan fingerprint density at radius 2 is 1.07 bits per heavy atom. The molecule has 1 atom stereocenters. The van der Waals surface area contributed by atoms with Gasteiger partial charge in [0.05, 0.1) is 122 Å². The molecule has 1 unspecified atom stereocenters. The standard InChI is InChI=1S/C18H13NO3.C16H14Cl2O4.C14H7ClF3NO5.C10H12N2O5.C8H5Cl3O2.C8H6Cl2O3.C7H5Cl2NO2.C3H8NO5P.Na/c20-17(14-9-3-4-10-15(14)18(21)22)19-16-11-5-7-12-6-1-2-8-13(12)16;1-16(2,15(19)20)22-12-6-4-11(5-7-12)21-14-8-3-10(17)9-13(14)18;15-10-5-7(14(16,17)18)1-4-12(10)24-8-2-3-11(19(22)23)9(6-8)13(20)21;1-3-6(2)8-4-7(11(14)15)5-9(10(8)13)12(16)17;9-5-1-2-6(10)8(11)4(5)3-7(12)13;1-13-7-5(10)3-2-4(9)6(7)8(11)12;8-3-1-4(7(11)12)6(9)5(10)2-3;5-3(6)1-4-2-10(7,8)9;/h1-11H,(H,19,20)(H,21,22);3-9H,1-2H3,(H,19,20);1-6H,(H,20,21);4-6,13H,3H2,1-2H3;1-2H,3H2,(H,12,13);2-3H,1H3,(H,11,12);1-2H,10H2,(H,11,12);4H,1-2H2,(H,5,6)(H2,7,8,9);/q;;;;;;;;+1/p-1. The van der Waals surface area contributed by atoms with Gasteiger partial charge in [-0.1, -0.05) is 178 Å². The molecule has 134 heavy (non-hydrogen) atoms. The van der Waals surface area contributed by atoms with Gasteiger partial charge in [-0.25, -0.2) is 19.2 Å². The van der Waals surface area contributed by atoms with Crippen LogP contribution in [0.3, 0.4) is 0 Å². The van der Waals surface area contributed by atoms with E-state index in [0.29, 0.717) is 61.1 Å². The number of nitrogen functional groups attached to an aromatic ring is 1. The first kappa shape index (κ1) is 116. The van der Waals surface area contributed by atoms with Crippen LogP contribution in [0.15, 0.2) is 194 Å². The maximum atomic E-state index is 12.6. The molecule has 35 nitrogen and oxygen atoms in total. The first-order chi connectivity index (χ1) is 61.9. The van der Waals surface area contributed by atoms with Crippen molar-refractivity contribution in [1.82, 2.24) is 5.32 Å². The summed E-state index contributed by atoms with van der Waals surface area (Å²) in [5, 5.41) is 114. The minimum absolute atomic E-state index is 0. The molecule has 706 valence electrons. The molecule has 0 spiro atoms. The summed E-state index contributed by atoms with van der Waals surface area (Å²) in [6.07, 6.45) is -4.79. The summed E-state index contributed by atoms with van der Waals surface area (Å²) in [5.41, 5.74) is 1.97. The summed E-state index contributed by atoms with van der Waals surface area (Å²) in [5.74, 6) is -8.32. The fraction of sp³-hybridized carbons (Fsp3) is 0.143. The quantitative estimate of drug-likeness (QED) is 0.00631. The molecule has 0 aliphatic carbocycles. The number of carbonyl (C=O) groups is 8. The smallest absolute Gasteiger partial charge is 0.545 e. The summed E-state index contributed by atoms with van der Waals surface area (Å²) in [6, 6.07) is 46.6. The molecule has 11 rings (SSSR count). The van der Waals surface area contributed by atoms with Crippen LogP contribution in [0.25, 0.3) is 10.8 Å². The van der Waals surface area contributed by atoms with Crippen molar-refractivity contribution in [2.75, 3.05) is 31.0 Å². The number of halogens is 13. The molecule has 11 aromatic rings. The molecule has 0 bridgehead atoms. The number of nitrogens with two attached hydrogens (primary N) is 1. The van der Waals surface area contributed by atoms with Crippen molar-refractivity contribution >= 4 is 211 Å². The number of non-ortho nitro benzene ring substituents is 1. The van der Waals surface area contributed by atoms with Gasteiger partial charge in [0, 0.05) is 49.4 Å². The minimum Gasteiger partial charge on any atom is -0.545 e. The topological polar surface area (TPSA) is 575 Å². The van der Waals surface area contributed by atoms with Gasteiger partial charge < -0.3 is 85.4 Å². The van der Waals surface area contributed by atoms with Crippen molar-refractivity contribution in [3.8, 4) is 40.2 Å². The Balaban J connectivity index is 0.000000401. The van der Waals surface area contributed by atoms with Crippen molar-refractivity contribution in [3.63, 3.8) is 0 Å². The zero-order chi connectivity index (χ0) is 101. The fourth-order valence-electron chi connectivity index (χ4n) is 10.1. The SMILES string of the molecule is CC(C)(Oc1ccc(Oc2ccc(Cl)cc2Cl)cc1)C(=O)O.CCC(C)c1cc([N+](=O)[O-])cc([N+](=O)[O-])c1O.COc1c(Cl)ccc(Cl)c1C(=O)O.Nc1cc(Cl)cc(C(=O)O)c1Cl.O=C(O)CNCP(=O)(O)O.O=C(O)Cc1c(Cl)ccc(Cl)c1Cl.O=C(O)c1ccccc1C(=O)Nc1cccc2ccccc12.O=C([O-])c1cc(Oc2ccc(C(F)(F)F)cc2Cl)ccc1[N+](=O)[O-].[Na+]. The molecule has 0 aliphatic rings. The Morgan fingerprint density at radius 3 is 1.58 bits per heavy atom. The van der Waals surface area contributed by atoms with E-state index in [1.165, 1.54) is 75.6 Å². The van der Waals surface area contributed by atoms with E-state index in [2.05, 4.69) is 10.6 Å². The number of rotatable bonds is 25. The summed E-state index contributed by atoms with van der Waals surface area (Å²) in [7, 11) is -2.76. The number of nitrogens with one attached hydrogen (secondary N) is 2. The first-order valence-corrected chi connectivity index (χ1v) is 42.0. The molecule has 0 saturated heterocycles. The van der Waals surface area contributed by atoms with E-state index in [9.17, 15) is 102 Å². The zero-order valence-corrected chi connectivity index (χ0v) is 79.8. The average Bonchev–Trinajstić information content (AvgIpc) is 0.817. The fourth-order valence-corrected chi connectivity index (χ4v) is 12.8. The van der Waals surface area contributed by atoms with E-state index in [-0.39, 0.29) is 128 Å². The molecule has 0 aromatic heterocycles. The van der Waals surface area contributed by atoms with E-state index < -0.39 is 123 Å². The number of anilines is 2. The van der Waals surface area contributed by atoms with Crippen molar-refractivity contribution < 1.29 is 170 Å². The monoisotopic (exact) mass is 2090 g/mol. The number of methoxy groups -OCH3 is 1. The number of benzene rings is 11. The summed E-state index contributed by atoms with van der Waals surface area (Å²) < 4.78 is 68.8. The number of nitro benzene ring substituents is 3. The van der Waals surface area contributed by atoms with Gasteiger partial charge in [0.15, 0.2) is 17.1 Å². The zero-order valence-electron chi connectivity index (χ0n) is 69.4. The number of hydrogen-bond acceptors (Lipinski definition) is 23. The molecule has 0 aliphatic heterocycles. The van der Waals surface area contributed by atoms with E-state index >= 15 is 0 Å². The van der Waals surface area contributed by atoms with Crippen molar-refractivity contribution in [1.29, 1.82) is 0 Å². The van der Waals surface area contributed by atoms with Gasteiger partial charge in [-0.05, 0) is 159 Å². The van der Waals surface area contributed by atoms with E-state index in [1.54, 1.807) is 67.6 Å². The number of phenolic OH excluding ortho intramolecular Hbond substituents is 1. The largest absolute Gasteiger partial charge is 1.00 e. The predicted molar refractivity (Wildman–Crippen MR) is 488 cm³/mol. The third-order valence-corrected chi connectivity index (χ3v) is 20.5. The van der Waals surface area contributed by atoms with Crippen LogP contribution < -0.4 is 70.0 Å². The third kappa shape index (κ3) is 36.9. The van der Waals surface area contributed by atoms with Gasteiger partial charge in [-0.2, -0.15) is 13.2 Å². The number of aromatic carboxylic acids is 4. The van der Waals surface area contributed by atoms with Gasteiger partial charge in [0.25, 0.3) is 17.3 Å². The number of carbonyl (C=O) groups excluding carboxylic acids is 2. The molecule has 13 N–H and O–H groups in total. The van der Waals surface area contributed by atoms with Crippen molar-refractivity contribution in [2.24, 2.45) is 0 Å². The molecule has 50 heteroatoms. The van der Waals surface area contributed by atoms with Crippen LogP contribution in [0.5, 0.6) is 40.2 Å². The van der Waals surface area contributed by atoms with Gasteiger partial charge in [0.2, 0.25) is 0 Å². The molecular formula is C84H69Cl10F3N6NaO29P. The number of carboxylic acids is 7. The number of alkyl halides is 3. The minimum atomic E-state index is -4.59. The number of carboxylic acid groups (broad SMARTS) is 7. The number of aliphatic carboxylic acids is 3. The van der Waals surface area contributed by atoms with Crippen LogP contribution in [0.2, 0.25) is 50.2 Å². The van der Waals surface area contributed by atoms with Gasteiger partial charge >= 0.3 is 84.8 Å². The summed E-state index contributed by atoms with van der Waals surface area (Å²) >= 11 is 57.3. The molecule has 11 aromatic carbocycles. The number of ether oxygens (including phenoxy) is 4. The molecule has 1 amide bonds. The Kier molecular flexibility index (Phi) is 46.9. The third-order valence-electron chi connectivity index (χ3n) is 16.6. The Labute approximate surface area is 827 Å². The van der Waals surface area contributed by atoms with Gasteiger partial charge in [-0.3, -0.25) is 54.6 Å². The number of fused-ring (bicyclic) bond motifs is 1. The maximum Gasteiger partial charge on any atom is 1.00 e. The molecule has 0 saturated carbocycles. The summed E-state index contributed by atoms with van der Waals surface area (Å²) in [4.78, 5) is 133. The number of phenols is 1. The first-order valence-electron chi connectivity index (χ1n) is 36.5. The molecular weight excluding hydrogens is 2020 g/mol. The second-order valence-corrected chi connectivity index (χ2v) is 32.2. The number of nitro groups is 3. The molecule has 0 fully saturated rings. The predicted octanol–water partition coefficient (Wildman–Crippen LogP) is 19.0. The van der Waals surface area contributed by atoms with Crippen LogP contribution in [-0.2, 0) is 31.5 Å². The Morgan fingerprint density at radius 1 is 0.545 bits per heavy atom. The number of aromatic hydroxyl groups is 1. The van der Waals surface area contributed by atoms with Crippen LogP contribution in [0, 0.1) is 30.3 Å². The molecule has 0 heterocycles. The summed E-state index contributed by atoms with van der Waals surface area (Å²) in [6.45, 7) is 6.09. The number of hydrogen-bond donors (Lipinski definition) is 12. The second kappa shape index (κ2) is 54.0. The normalized spacial score (nSPS) is 10.7. The molecule has 0 radical (unpaired) electrons. The van der Waals surface area contributed by atoms with E-state index in [0.717, 1.165) is 47.2 Å². The van der Waals surface area contributed by atoms with E-state index in [4.69, 9.17) is 176 Å². The van der Waals surface area contributed by atoms with Gasteiger partial charge in [0.1, 0.15) is 34.3 Å². The Bertz CT molecular complexity index is 6210. The van der Waals surface area contributed by atoms with E-state index in [1.807, 2.05) is 43.3 Å². The van der Waals surface area contributed by atoms with Gasteiger partial charge in [-0.15, -0.1) is 0 Å². The van der Waals surface area contributed by atoms with Crippen LogP contribution in [0.4, 0.5) is 41.6 Å².